The summed E-state index contributed by atoms with van der Waals surface area (Å²) in [6, 6.07) is 6.49. The van der Waals surface area contributed by atoms with Gasteiger partial charge in [0.1, 0.15) is 5.75 Å². The first-order valence-corrected chi connectivity index (χ1v) is 7.07. The molecular weight excluding hydrogens is 238 g/mol. The van der Waals surface area contributed by atoms with E-state index < -0.39 is 10.8 Å². The molecule has 0 radical (unpaired) electrons. The molecule has 1 amide bonds. The van der Waals surface area contributed by atoms with Gasteiger partial charge < -0.3 is 10.4 Å². The number of phenolic OH excluding ortho intramolecular Hbond substituents is 1. The summed E-state index contributed by atoms with van der Waals surface area (Å²) in [5.74, 6) is 0.470. The zero-order valence-corrected chi connectivity index (χ0v) is 10.8. The SMILES string of the molecule is CC(CS(C)=O)NC(=O)Cc1cccc(O)c1. The zero-order chi connectivity index (χ0) is 12.8. The second kappa shape index (κ2) is 6.39. The van der Waals surface area contributed by atoms with Crippen molar-refractivity contribution in [2.24, 2.45) is 0 Å². The molecule has 0 bridgehead atoms. The number of carbonyl (C=O) groups excluding carboxylic acids is 1. The third-order valence-electron chi connectivity index (χ3n) is 2.17. The second-order valence-electron chi connectivity index (χ2n) is 4.06. The van der Waals surface area contributed by atoms with Gasteiger partial charge >= 0.3 is 0 Å². The van der Waals surface area contributed by atoms with Crippen molar-refractivity contribution in [3.8, 4) is 5.75 Å². The Bertz CT molecular complexity index is 420. The molecule has 1 aromatic rings. The van der Waals surface area contributed by atoms with Gasteiger partial charge in [0.25, 0.3) is 0 Å². The molecule has 0 heterocycles. The van der Waals surface area contributed by atoms with E-state index in [4.69, 9.17) is 0 Å². The molecule has 5 heteroatoms. The van der Waals surface area contributed by atoms with Crippen LogP contribution in [0.25, 0.3) is 0 Å². The first kappa shape index (κ1) is 13.7. The van der Waals surface area contributed by atoms with Gasteiger partial charge in [-0.2, -0.15) is 0 Å². The minimum atomic E-state index is -0.917. The maximum absolute atomic E-state index is 11.6. The smallest absolute Gasteiger partial charge is 0.224 e. The largest absolute Gasteiger partial charge is 0.508 e. The molecule has 2 N–H and O–H groups in total. The number of amides is 1. The first-order valence-electron chi connectivity index (χ1n) is 5.34. The molecule has 2 atom stereocenters. The maximum atomic E-state index is 11.6. The Balaban J connectivity index is 2.47. The Labute approximate surface area is 104 Å². The number of carbonyl (C=O) groups is 1. The molecule has 94 valence electrons. The van der Waals surface area contributed by atoms with E-state index in [1.54, 1.807) is 30.5 Å². The highest BCUT2D eigenvalue weighted by atomic mass is 32.2. The van der Waals surface area contributed by atoms with Gasteiger partial charge in [-0.3, -0.25) is 9.00 Å². The van der Waals surface area contributed by atoms with Crippen LogP contribution in [0.3, 0.4) is 0 Å². The van der Waals surface area contributed by atoms with Crippen LogP contribution in [0.2, 0.25) is 0 Å². The van der Waals surface area contributed by atoms with E-state index in [1.165, 1.54) is 0 Å². The lowest BCUT2D eigenvalue weighted by Gasteiger charge is -2.12. The van der Waals surface area contributed by atoms with E-state index >= 15 is 0 Å². The third-order valence-corrected chi connectivity index (χ3v) is 3.14. The zero-order valence-electron chi connectivity index (χ0n) is 9.97. The van der Waals surface area contributed by atoms with Gasteiger partial charge in [-0.15, -0.1) is 0 Å². The Morgan fingerprint density at radius 3 is 2.82 bits per heavy atom. The van der Waals surface area contributed by atoms with Crippen LogP contribution in [0.1, 0.15) is 12.5 Å². The molecule has 0 aliphatic carbocycles. The van der Waals surface area contributed by atoms with Crippen LogP contribution >= 0.6 is 0 Å². The fourth-order valence-corrected chi connectivity index (χ4v) is 2.36. The van der Waals surface area contributed by atoms with Gasteiger partial charge in [0, 0.05) is 28.9 Å². The van der Waals surface area contributed by atoms with Crippen molar-refractivity contribution in [1.29, 1.82) is 0 Å². The fourth-order valence-electron chi connectivity index (χ4n) is 1.57. The number of benzene rings is 1. The molecule has 17 heavy (non-hydrogen) atoms. The summed E-state index contributed by atoms with van der Waals surface area (Å²) >= 11 is 0. The Kier molecular flexibility index (Phi) is 5.15. The van der Waals surface area contributed by atoms with Crippen LogP contribution in [-0.4, -0.2) is 33.3 Å². The lowest BCUT2D eigenvalue weighted by molar-refractivity contribution is -0.120. The van der Waals surface area contributed by atoms with Crippen LogP contribution in [0.5, 0.6) is 5.75 Å². The number of hydrogen-bond donors (Lipinski definition) is 2. The molecule has 0 aliphatic rings. The Morgan fingerprint density at radius 2 is 2.24 bits per heavy atom. The summed E-state index contributed by atoms with van der Waals surface area (Å²) in [5, 5.41) is 12.0. The molecule has 1 aromatic carbocycles. The van der Waals surface area contributed by atoms with Crippen molar-refractivity contribution in [3.63, 3.8) is 0 Å². The average molecular weight is 255 g/mol. The molecule has 4 nitrogen and oxygen atoms in total. The molecule has 1 rings (SSSR count). The van der Waals surface area contributed by atoms with E-state index in [0.717, 1.165) is 5.56 Å². The highest BCUT2D eigenvalue weighted by Crippen LogP contribution is 2.11. The molecule has 0 aromatic heterocycles. The topological polar surface area (TPSA) is 66.4 Å². The van der Waals surface area contributed by atoms with E-state index in [2.05, 4.69) is 5.32 Å². The molecule has 0 saturated carbocycles. The predicted molar refractivity (Wildman–Crippen MR) is 68.3 cm³/mol. The second-order valence-corrected chi connectivity index (χ2v) is 5.53. The highest BCUT2D eigenvalue weighted by molar-refractivity contribution is 7.84. The van der Waals surface area contributed by atoms with E-state index in [1.807, 2.05) is 6.92 Å². The van der Waals surface area contributed by atoms with E-state index in [-0.39, 0.29) is 24.1 Å². The van der Waals surface area contributed by atoms with Gasteiger partial charge in [0.2, 0.25) is 5.91 Å². The van der Waals surface area contributed by atoms with Crippen molar-refractivity contribution in [1.82, 2.24) is 5.32 Å². The van der Waals surface area contributed by atoms with Crippen LogP contribution < -0.4 is 5.32 Å². The number of nitrogens with one attached hydrogen (secondary N) is 1. The highest BCUT2D eigenvalue weighted by Gasteiger charge is 2.09. The maximum Gasteiger partial charge on any atom is 0.224 e. The van der Waals surface area contributed by atoms with Crippen LogP contribution in [0.4, 0.5) is 0 Å². The summed E-state index contributed by atoms with van der Waals surface area (Å²) in [7, 11) is -0.917. The minimum absolute atomic E-state index is 0.106. The summed E-state index contributed by atoms with van der Waals surface area (Å²) in [5.41, 5.74) is 0.757. The van der Waals surface area contributed by atoms with Crippen LogP contribution in [-0.2, 0) is 22.0 Å². The normalized spacial score (nSPS) is 14.0. The van der Waals surface area contributed by atoms with Gasteiger partial charge in [-0.25, -0.2) is 0 Å². The van der Waals surface area contributed by atoms with Gasteiger partial charge in [0.15, 0.2) is 0 Å². The number of phenols is 1. The summed E-state index contributed by atoms with van der Waals surface area (Å²) in [6.07, 6.45) is 1.83. The standard InChI is InChI=1S/C12H17NO3S/c1-9(8-17(2)16)13-12(15)7-10-4-3-5-11(14)6-10/h3-6,9,14H,7-8H2,1-2H3,(H,13,15). The van der Waals surface area contributed by atoms with Crippen molar-refractivity contribution < 1.29 is 14.1 Å². The van der Waals surface area contributed by atoms with Gasteiger partial charge in [0.05, 0.1) is 6.42 Å². The molecule has 0 spiro atoms. The number of rotatable bonds is 5. The predicted octanol–water partition coefficient (Wildman–Crippen LogP) is 0.818. The number of hydrogen-bond acceptors (Lipinski definition) is 3. The van der Waals surface area contributed by atoms with E-state index in [0.29, 0.717) is 5.75 Å². The lowest BCUT2D eigenvalue weighted by Crippen LogP contribution is -2.37. The lowest BCUT2D eigenvalue weighted by atomic mass is 10.1. The Morgan fingerprint density at radius 1 is 1.53 bits per heavy atom. The molecule has 0 saturated heterocycles. The molecule has 0 aliphatic heterocycles. The molecule has 0 fully saturated rings. The number of aromatic hydroxyl groups is 1. The van der Waals surface area contributed by atoms with Gasteiger partial charge in [-0.1, -0.05) is 12.1 Å². The van der Waals surface area contributed by atoms with E-state index in [9.17, 15) is 14.1 Å². The summed E-state index contributed by atoms with van der Waals surface area (Å²) < 4.78 is 11.0. The average Bonchev–Trinajstić information content (AvgIpc) is 2.14. The van der Waals surface area contributed by atoms with Crippen molar-refractivity contribution >= 4 is 16.7 Å². The monoisotopic (exact) mass is 255 g/mol. The van der Waals surface area contributed by atoms with Crippen LogP contribution in [0.15, 0.2) is 24.3 Å². The summed E-state index contributed by atoms with van der Waals surface area (Å²) in [4.78, 5) is 11.6. The summed E-state index contributed by atoms with van der Waals surface area (Å²) in [6.45, 7) is 1.82. The molecule has 2 unspecified atom stereocenters. The first-order chi connectivity index (χ1) is 7.97. The van der Waals surface area contributed by atoms with Gasteiger partial charge in [-0.05, 0) is 24.6 Å². The Hall–Kier alpha value is -1.36. The van der Waals surface area contributed by atoms with Crippen molar-refractivity contribution in [2.75, 3.05) is 12.0 Å². The fraction of sp³-hybridized carbons (Fsp3) is 0.417. The third kappa shape index (κ3) is 5.49. The minimum Gasteiger partial charge on any atom is -0.508 e. The van der Waals surface area contributed by atoms with Crippen molar-refractivity contribution in [2.45, 2.75) is 19.4 Å². The van der Waals surface area contributed by atoms with Crippen molar-refractivity contribution in [3.05, 3.63) is 29.8 Å². The quantitative estimate of drug-likeness (QED) is 0.818. The molecular formula is C12H17NO3S. The van der Waals surface area contributed by atoms with Crippen LogP contribution in [0, 0.1) is 0 Å².